The predicted molar refractivity (Wildman–Crippen MR) is 88.8 cm³/mol. The molecule has 3 rings (SSSR count). The van der Waals surface area contributed by atoms with Crippen LogP contribution in [-0.4, -0.2) is 41.4 Å². The fraction of sp³-hybridized carbons (Fsp3) is 0.429. The number of H-pyrrole nitrogens is 1. The number of anilines is 1. The van der Waals surface area contributed by atoms with Crippen molar-refractivity contribution in [3.8, 4) is 11.4 Å². The fourth-order valence-corrected chi connectivity index (χ4v) is 3.43. The molecule has 21 heavy (non-hydrogen) atoms. The van der Waals surface area contributed by atoms with Crippen LogP contribution in [0.2, 0.25) is 5.02 Å². The van der Waals surface area contributed by atoms with Crippen molar-refractivity contribution in [1.29, 1.82) is 0 Å². The summed E-state index contributed by atoms with van der Waals surface area (Å²) in [4.78, 5) is 6.83. The summed E-state index contributed by atoms with van der Waals surface area (Å²) >= 11 is 9.48. The van der Waals surface area contributed by atoms with E-state index < -0.39 is 0 Å². The molecule has 0 saturated carbocycles. The van der Waals surface area contributed by atoms with E-state index in [1.165, 1.54) is 0 Å². The lowest BCUT2D eigenvalue weighted by Gasteiger charge is -2.30. The Labute approximate surface area is 137 Å². The van der Waals surface area contributed by atoms with Gasteiger partial charge in [-0.15, -0.1) is 5.10 Å². The molecule has 0 bridgehead atoms. The Balaban J connectivity index is 1.77. The molecule has 1 aromatic heterocycles. The van der Waals surface area contributed by atoms with Crippen molar-refractivity contribution >= 4 is 33.5 Å². The molecule has 2 aromatic rings. The van der Waals surface area contributed by atoms with Gasteiger partial charge in [0, 0.05) is 34.2 Å². The minimum atomic E-state index is 0.602. The molecule has 0 amide bonds. The van der Waals surface area contributed by atoms with Crippen LogP contribution in [0, 0.1) is 0 Å². The molecule has 2 heterocycles. The first kappa shape index (κ1) is 14.8. The van der Waals surface area contributed by atoms with Crippen LogP contribution < -0.4 is 10.2 Å². The molecule has 0 unspecified atom stereocenters. The number of rotatable bonds is 3. The van der Waals surface area contributed by atoms with Crippen LogP contribution in [0.15, 0.2) is 22.7 Å². The highest BCUT2D eigenvalue weighted by Crippen LogP contribution is 2.29. The number of hydrogen-bond acceptors (Lipinski definition) is 4. The molecule has 0 aliphatic carbocycles. The van der Waals surface area contributed by atoms with Gasteiger partial charge in [-0.2, -0.15) is 4.98 Å². The second-order valence-electron chi connectivity index (χ2n) is 5.16. The molecule has 7 heteroatoms. The maximum atomic E-state index is 5.97. The quantitative estimate of drug-likeness (QED) is 0.872. The fourth-order valence-electron chi connectivity index (χ4n) is 2.56. The van der Waals surface area contributed by atoms with Gasteiger partial charge in [-0.25, -0.2) is 0 Å². The topological polar surface area (TPSA) is 56.8 Å². The van der Waals surface area contributed by atoms with Crippen LogP contribution in [-0.2, 0) is 0 Å². The summed E-state index contributed by atoms with van der Waals surface area (Å²) in [5, 5.41) is 11.4. The van der Waals surface area contributed by atoms with Gasteiger partial charge in [0.1, 0.15) is 0 Å². The summed E-state index contributed by atoms with van der Waals surface area (Å²) in [6, 6.07) is 6.24. The van der Waals surface area contributed by atoms with Gasteiger partial charge in [-0.1, -0.05) is 11.6 Å². The number of aromatic amines is 1. The van der Waals surface area contributed by atoms with Crippen molar-refractivity contribution in [1.82, 2.24) is 20.5 Å². The standard InChI is InChI=1S/C14H17BrClN5/c1-17-10-4-6-21(7-5-10)14-18-13(19-20-14)11-3-2-9(16)8-12(11)15/h2-3,8,10,17H,4-7H2,1H3,(H,18,19,20). The zero-order valence-corrected chi connectivity index (χ0v) is 14.1. The zero-order valence-electron chi connectivity index (χ0n) is 11.7. The van der Waals surface area contributed by atoms with Crippen LogP contribution in [0.5, 0.6) is 0 Å². The third kappa shape index (κ3) is 3.22. The van der Waals surface area contributed by atoms with Crippen molar-refractivity contribution in [2.24, 2.45) is 0 Å². The Hall–Kier alpha value is -1.11. The summed E-state index contributed by atoms with van der Waals surface area (Å²) in [5.41, 5.74) is 0.961. The van der Waals surface area contributed by atoms with Crippen molar-refractivity contribution in [3.63, 3.8) is 0 Å². The number of halogens is 2. The largest absolute Gasteiger partial charge is 0.339 e. The highest BCUT2D eigenvalue weighted by molar-refractivity contribution is 9.10. The molecule has 0 radical (unpaired) electrons. The maximum absolute atomic E-state index is 5.97. The Morgan fingerprint density at radius 2 is 2.14 bits per heavy atom. The van der Waals surface area contributed by atoms with Gasteiger partial charge >= 0.3 is 0 Å². The van der Waals surface area contributed by atoms with E-state index in [2.05, 4.69) is 41.3 Å². The minimum absolute atomic E-state index is 0.602. The van der Waals surface area contributed by atoms with E-state index in [9.17, 15) is 0 Å². The number of nitrogens with one attached hydrogen (secondary N) is 2. The van der Waals surface area contributed by atoms with E-state index in [0.29, 0.717) is 11.1 Å². The van der Waals surface area contributed by atoms with Crippen LogP contribution >= 0.6 is 27.5 Å². The summed E-state index contributed by atoms with van der Waals surface area (Å²) in [6.07, 6.45) is 2.23. The minimum Gasteiger partial charge on any atom is -0.339 e. The van der Waals surface area contributed by atoms with E-state index in [0.717, 1.165) is 47.7 Å². The van der Waals surface area contributed by atoms with Crippen molar-refractivity contribution in [3.05, 3.63) is 27.7 Å². The van der Waals surface area contributed by atoms with Gasteiger partial charge in [-0.05, 0) is 54.0 Å². The normalized spacial score (nSPS) is 16.4. The summed E-state index contributed by atoms with van der Waals surface area (Å²) in [5.74, 6) is 1.52. The summed E-state index contributed by atoms with van der Waals surface area (Å²) in [6.45, 7) is 1.95. The Kier molecular flexibility index (Phi) is 4.47. The lowest BCUT2D eigenvalue weighted by molar-refractivity contribution is 0.439. The SMILES string of the molecule is CNC1CCN(c2n[nH]c(-c3ccc(Cl)cc3Br)n2)CC1. The molecule has 0 atom stereocenters. The molecule has 1 fully saturated rings. The number of benzene rings is 1. The number of aromatic nitrogens is 3. The lowest BCUT2D eigenvalue weighted by Crippen LogP contribution is -2.41. The van der Waals surface area contributed by atoms with Crippen LogP contribution in [0.3, 0.4) is 0 Å². The highest BCUT2D eigenvalue weighted by Gasteiger charge is 2.21. The second-order valence-corrected chi connectivity index (χ2v) is 6.45. The summed E-state index contributed by atoms with van der Waals surface area (Å²) in [7, 11) is 2.02. The Morgan fingerprint density at radius 3 is 2.81 bits per heavy atom. The lowest BCUT2D eigenvalue weighted by atomic mass is 10.1. The average molecular weight is 371 g/mol. The van der Waals surface area contributed by atoms with Gasteiger partial charge in [0.05, 0.1) is 0 Å². The van der Waals surface area contributed by atoms with Gasteiger partial charge in [0.25, 0.3) is 0 Å². The molecular formula is C14H17BrClN5. The second kappa shape index (κ2) is 6.34. The van der Waals surface area contributed by atoms with Gasteiger partial charge in [0.15, 0.2) is 5.82 Å². The molecule has 1 saturated heterocycles. The highest BCUT2D eigenvalue weighted by atomic mass is 79.9. The molecule has 0 spiro atoms. The third-order valence-corrected chi connectivity index (χ3v) is 4.74. The van der Waals surface area contributed by atoms with Crippen molar-refractivity contribution in [2.75, 3.05) is 25.0 Å². The molecule has 1 aliphatic rings. The maximum Gasteiger partial charge on any atom is 0.245 e. The van der Waals surface area contributed by atoms with E-state index in [1.807, 2.05) is 25.2 Å². The predicted octanol–water partition coefficient (Wildman–Crippen LogP) is 3.08. The van der Waals surface area contributed by atoms with Crippen molar-refractivity contribution < 1.29 is 0 Å². The first-order valence-corrected chi connectivity index (χ1v) is 8.14. The zero-order chi connectivity index (χ0) is 14.8. The third-order valence-electron chi connectivity index (χ3n) is 3.85. The van der Waals surface area contributed by atoms with E-state index in [1.54, 1.807) is 0 Å². The Morgan fingerprint density at radius 1 is 1.38 bits per heavy atom. The van der Waals surface area contributed by atoms with E-state index in [4.69, 9.17) is 11.6 Å². The molecule has 112 valence electrons. The smallest absolute Gasteiger partial charge is 0.245 e. The van der Waals surface area contributed by atoms with Gasteiger partial charge < -0.3 is 10.2 Å². The summed E-state index contributed by atoms with van der Waals surface area (Å²) < 4.78 is 0.909. The van der Waals surface area contributed by atoms with Crippen LogP contribution in [0.25, 0.3) is 11.4 Å². The molecule has 5 nitrogen and oxygen atoms in total. The number of hydrogen-bond donors (Lipinski definition) is 2. The average Bonchev–Trinajstić information content (AvgIpc) is 2.97. The first-order chi connectivity index (χ1) is 10.2. The monoisotopic (exact) mass is 369 g/mol. The molecule has 1 aliphatic heterocycles. The van der Waals surface area contributed by atoms with Crippen LogP contribution in [0.4, 0.5) is 5.95 Å². The van der Waals surface area contributed by atoms with Gasteiger partial charge in [0.2, 0.25) is 5.95 Å². The molecule has 1 aromatic carbocycles. The van der Waals surface area contributed by atoms with Gasteiger partial charge in [-0.3, -0.25) is 5.10 Å². The van der Waals surface area contributed by atoms with Crippen molar-refractivity contribution in [2.45, 2.75) is 18.9 Å². The number of piperidine rings is 1. The Bertz CT molecular complexity index is 622. The number of nitrogens with zero attached hydrogens (tertiary/aromatic N) is 3. The van der Waals surface area contributed by atoms with E-state index >= 15 is 0 Å². The van der Waals surface area contributed by atoms with E-state index in [-0.39, 0.29) is 0 Å². The first-order valence-electron chi connectivity index (χ1n) is 6.97. The molecule has 2 N–H and O–H groups in total. The molecular weight excluding hydrogens is 354 g/mol. The van der Waals surface area contributed by atoms with Crippen LogP contribution in [0.1, 0.15) is 12.8 Å².